The number of aryl methyl sites for hydroxylation is 4. The summed E-state index contributed by atoms with van der Waals surface area (Å²) in [4.78, 5) is 43.9. The SMILES string of the molecule is CC(=O)Nc1ccc(C)cc1-c1nc2ccccc2n([C@H](C)C(=O)Nc2c(C)cc(C)cc2C)c1=O. The fourth-order valence-electron chi connectivity index (χ4n) is 4.59. The minimum absolute atomic E-state index is 0.170. The van der Waals surface area contributed by atoms with Crippen LogP contribution in [0.5, 0.6) is 0 Å². The van der Waals surface area contributed by atoms with Crippen molar-refractivity contribution in [2.24, 2.45) is 0 Å². The van der Waals surface area contributed by atoms with Crippen molar-refractivity contribution in [3.05, 3.63) is 87.2 Å². The van der Waals surface area contributed by atoms with E-state index in [4.69, 9.17) is 0 Å². The second kappa shape index (κ2) is 9.77. The van der Waals surface area contributed by atoms with Crippen LogP contribution in [0.1, 0.15) is 42.1 Å². The Morgan fingerprint density at radius 2 is 1.56 bits per heavy atom. The number of carbonyl (C=O) groups is 2. The number of rotatable bonds is 5. The quantitative estimate of drug-likeness (QED) is 0.395. The zero-order chi connectivity index (χ0) is 26.1. The lowest BCUT2D eigenvalue weighted by Crippen LogP contribution is -2.33. The molecule has 0 fully saturated rings. The van der Waals surface area contributed by atoms with Crippen LogP contribution in [0.25, 0.3) is 22.3 Å². The monoisotopic (exact) mass is 482 g/mol. The zero-order valence-electron chi connectivity index (χ0n) is 21.4. The molecule has 0 bridgehead atoms. The van der Waals surface area contributed by atoms with Gasteiger partial charge in [0, 0.05) is 18.2 Å². The summed E-state index contributed by atoms with van der Waals surface area (Å²) < 4.78 is 1.48. The average molecular weight is 483 g/mol. The molecular weight excluding hydrogens is 452 g/mol. The number of hydrogen-bond acceptors (Lipinski definition) is 4. The minimum Gasteiger partial charge on any atom is -0.326 e. The maximum atomic E-state index is 13.9. The molecule has 2 amide bonds. The molecule has 0 spiro atoms. The first kappa shape index (κ1) is 24.9. The molecule has 184 valence electrons. The van der Waals surface area contributed by atoms with E-state index in [-0.39, 0.29) is 17.5 Å². The number of nitrogens with one attached hydrogen (secondary N) is 2. The Morgan fingerprint density at radius 1 is 0.889 bits per heavy atom. The Kier molecular flexibility index (Phi) is 6.75. The molecule has 4 aromatic rings. The second-order valence-electron chi connectivity index (χ2n) is 9.29. The predicted octanol–water partition coefficient (Wildman–Crippen LogP) is 5.46. The van der Waals surface area contributed by atoms with E-state index in [0.717, 1.165) is 27.9 Å². The molecule has 0 unspecified atom stereocenters. The van der Waals surface area contributed by atoms with Gasteiger partial charge in [-0.05, 0) is 70.0 Å². The van der Waals surface area contributed by atoms with Crippen LogP contribution in [-0.4, -0.2) is 21.4 Å². The van der Waals surface area contributed by atoms with Crippen LogP contribution in [0.15, 0.2) is 59.4 Å². The summed E-state index contributed by atoms with van der Waals surface area (Å²) in [6, 6.07) is 15.9. The summed E-state index contributed by atoms with van der Waals surface area (Å²) in [5.74, 6) is -0.557. The fourth-order valence-corrected chi connectivity index (χ4v) is 4.59. The van der Waals surface area contributed by atoms with Gasteiger partial charge in [0.25, 0.3) is 5.56 Å². The highest BCUT2D eigenvalue weighted by Crippen LogP contribution is 2.29. The molecule has 3 aromatic carbocycles. The molecule has 1 aromatic heterocycles. The van der Waals surface area contributed by atoms with E-state index in [2.05, 4.69) is 15.6 Å². The van der Waals surface area contributed by atoms with Gasteiger partial charge in [-0.2, -0.15) is 0 Å². The van der Waals surface area contributed by atoms with Crippen LogP contribution in [0, 0.1) is 27.7 Å². The number of benzene rings is 3. The van der Waals surface area contributed by atoms with Gasteiger partial charge in [-0.25, -0.2) is 4.98 Å². The second-order valence-corrected chi connectivity index (χ2v) is 9.29. The molecule has 7 nitrogen and oxygen atoms in total. The highest BCUT2D eigenvalue weighted by atomic mass is 16.2. The summed E-state index contributed by atoms with van der Waals surface area (Å²) in [7, 11) is 0. The number of fused-ring (bicyclic) bond motifs is 1. The zero-order valence-corrected chi connectivity index (χ0v) is 21.4. The summed E-state index contributed by atoms with van der Waals surface area (Å²) in [6.07, 6.45) is 0. The maximum Gasteiger partial charge on any atom is 0.278 e. The van der Waals surface area contributed by atoms with E-state index in [1.54, 1.807) is 19.1 Å². The first-order chi connectivity index (χ1) is 17.1. The highest BCUT2D eigenvalue weighted by molar-refractivity contribution is 5.97. The van der Waals surface area contributed by atoms with Gasteiger partial charge >= 0.3 is 0 Å². The van der Waals surface area contributed by atoms with Gasteiger partial charge in [0.15, 0.2) is 0 Å². The first-order valence-electron chi connectivity index (χ1n) is 11.9. The Bertz CT molecular complexity index is 1550. The van der Waals surface area contributed by atoms with E-state index in [0.29, 0.717) is 22.3 Å². The van der Waals surface area contributed by atoms with E-state index < -0.39 is 11.6 Å². The van der Waals surface area contributed by atoms with Gasteiger partial charge in [0.05, 0.1) is 16.7 Å². The van der Waals surface area contributed by atoms with Crippen molar-refractivity contribution in [3.63, 3.8) is 0 Å². The minimum atomic E-state index is -0.821. The van der Waals surface area contributed by atoms with E-state index in [1.807, 2.05) is 70.2 Å². The number of anilines is 2. The Morgan fingerprint density at radius 3 is 2.22 bits per heavy atom. The fraction of sp³-hybridized carbons (Fsp3) is 0.241. The van der Waals surface area contributed by atoms with Gasteiger partial charge < -0.3 is 10.6 Å². The summed E-state index contributed by atoms with van der Waals surface area (Å²) in [6.45, 7) is 10.9. The van der Waals surface area contributed by atoms with Gasteiger partial charge in [-0.3, -0.25) is 19.0 Å². The lowest BCUT2D eigenvalue weighted by atomic mass is 10.0. The molecular formula is C29H30N4O3. The number of carbonyl (C=O) groups excluding carboxylic acids is 2. The van der Waals surface area contributed by atoms with Crippen molar-refractivity contribution < 1.29 is 9.59 Å². The molecule has 0 aliphatic rings. The molecule has 7 heteroatoms. The smallest absolute Gasteiger partial charge is 0.278 e. The van der Waals surface area contributed by atoms with Crippen molar-refractivity contribution >= 4 is 34.2 Å². The third kappa shape index (κ3) is 4.77. The lowest BCUT2D eigenvalue weighted by Gasteiger charge is -2.21. The lowest BCUT2D eigenvalue weighted by molar-refractivity contribution is -0.118. The number of nitrogens with zero attached hydrogens (tertiary/aromatic N) is 2. The average Bonchev–Trinajstić information content (AvgIpc) is 2.81. The highest BCUT2D eigenvalue weighted by Gasteiger charge is 2.24. The van der Waals surface area contributed by atoms with Crippen LogP contribution in [0.4, 0.5) is 11.4 Å². The largest absolute Gasteiger partial charge is 0.326 e. The molecule has 36 heavy (non-hydrogen) atoms. The predicted molar refractivity (Wildman–Crippen MR) is 144 cm³/mol. The van der Waals surface area contributed by atoms with Gasteiger partial charge in [0.1, 0.15) is 11.7 Å². The molecule has 2 N–H and O–H groups in total. The molecule has 0 saturated carbocycles. The van der Waals surface area contributed by atoms with Crippen LogP contribution in [-0.2, 0) is 9.59 Å². The molecule has 1 atom stereocenters. The standard InChI is InChI=1S/C29H30N4O3/c1-16-11-12-23(30-21(6)34)22(15-16)27-29(36)33(25-10-8-7-9-24(25)31-27)20(5)28(35)32-26-18(3)13-17(2)14-19(26)4/h7-15,20H,1-6H3,(H,30,34)(H,32,35)/t20-/m1/s1. The third-order valence-corrected chi connectivity index (χ3v) is 6.23. The molecule has 4 rings (SSSR count). The normalized spacial score (nSPS) is 11.8. The van der Waals surface area contributed by atoms with Crippen LogP contribution >= 0.6 is 0 Å². The molecule has 0 aliphatic heterocycles. The number of hydrogen-bond donors (Lipinski definition) is 2. The molecule has 0 saturated heterocycles. The maximum absolute atomic E-state index is 13.9. The first-order valence-corrected chi connectivity index (χ1v) is 11.9. The number of para-hydroxylation sites is 2. The van der Waals surface area contributed by atoms with Crippen molar-refractivity contribution in [2.75, 3.05) is 10.6 Å². The topological polar surface area (TPSA) is 93.1 Å². The van der Waals surface area contributed by atoms with Gasteiger partial charge in [-0.1, -0.05) is 41.5 Å². The molecule has 0 radical (unpaired) electrons. The Hall–Kier alpha value is -4.26. The van der Waals surface area contributed by atoms with Crippen LogP contribution in [0.2, 0.25) is 0 Å². The summed E-state index contributed by atoms with van der Waals surface area (Å²) >= 11 is 0. The van der Waals surface area contributed by atoms with E-state index >= 15 is 0 Å². The van der Waals surface area contributed by atoms with Crippen molar-refractivity contribution in [3.8, 4) is 11.3 Å². The van der Waals surface area contributed by atoms with Crippen LogP contribution < -0.4 is 16.2 Å². The third-order valence-electron chi connectivity index (χ3n) is 6.23. The van der Waals surface area contributed by atoms with Gasteiger partial charge in [0.2, 0.25) is 11.8 Å². The van der Waals surface area contributed by atoms with Crippen molar-refractivity contribution in [1.82, 2.24) is 9.55 Å². The Labute approximate surface area is 210 Å². The number of aromatic nitrogens is 2. The number of amides is 2. The summed E-state index contributed by atoms with van der Waals surface area (Å²) in [5, 5.41) is 5.81. The van der Waals surface area contributed by atoms with Crippen LogP contribution in [0.3, 0.4) is 0 Å². The van der Waals surface area contributed by atoms with Gasteiger partial charge in [-0.15, -0.1) is 0 Å². The Balaban J connectivity index is 1.88. The molecule has 0 aliphatic carbocycles. The molecule has 1 heterocycles. The van der Waals surface area contributed by atoms with E-state index in [1.165, 1.54) is 11.5 Å². The van der Waals surface area contributed by atoms with Crippen molar-refractivity contribution in [2.45, 2.75) is 47.6 Å². The van der Waals surface area contributed by atoms with Crippen molar-refractivity contribution in [1.29, 1.82) is 0 Å². The summed E-state index contributed by atoms with van der Waals surface area (Å²) in [5.41, 5.74) is 6.58. The van der Waals surface area contributed by atoms with E-state index in [9.17, 15) is 14.4 Å².